The molecule has 0 amide bonds. The molecular formula is C12H15N3O2. The van der Waals surface area contributed by atoms with E-state index in [4.69, 9.17) is 15.2 Å². The predicted molar refractivity (Wildman–Crippen MR) is 65.4 cm³/mol. The molecule has 0 bridgehead atoms. The number of nitrogens with two attached hydrogens (primary N) is 1. The topological polar surface area (TPSA) is 62.3 Å². The van der Waals surface area contributed by atoms with Crippen LogP contribution in [0.1, 0.15) is 6.92 Å². The van der Waals surface area contributed by atoms with Gasteiger partial charge in [0.2, 0.25) is 0 Å². The highest BCUT2D eigenvalue weighted by Gasteiger charge is 2.06. The third kappa shape index (κ3) is 2.33. The molecule has 17 heavy (non-hydrogen) atoms. The molecule has 0 spiro atoms. The van der Waals surface area contributed by atoms with E-state index >= 15 is 0 Å². The summed E-state index contributed by atoms with van der Waals surface area (Å²) in [5, 5.41) is 0. The van der Waals surface area contributed by atoms with E-state index in [-0.39, 0.29) is 0 Å². The summed E-state index contributed by atoms with van der Waals surface area (Å²) < 4.78 is 12.6. The first-order valence-electron chi connectivity index (χ1n) is 5.37. The van der Waals surface area contributed by atoms with Gasteiger partial charge < -0.3 is 19.8 Å². The van der Waals surface area contributed by atoms with Gasteiger partial charge in [0.05, 0.1) is 12.8 Å². The van der Waals surface area contributed by atoms with Crippen LogP contribution in [-0.4, -0.2) is 16.7 Å². The third-order valence-corrected chi connectivity index (χ3v) is 2.43. The number of rotatable bonds is 4. The van der Waals surface area contributed by atoms with Crippen LogP contribution in [0.5, 0.6) is 17.5 Å². The lowest BCUT2D eigenvalue weighted by molar-refractivity contribution is 0.406. The summed E-state index contributed by atoms with van der Waals surface area (Å²) in [7, 11) is 1.58. The fourth-order valence-corrected chi connectivity index (χ4v) is 1.52. The minimum absolute atomic E-state index is 0.541. The van der Waals surface area contributed by atoms with Crippen molar-refractivity contribution in [2.75, 3.05) is 12.8 Å². The lowest BCUT2D eigenvalue weighted by atomic mass is 10.3. The minimum atomic E-state index is 0.541. The molecule has 2 rings (SSSR count). The van der Waals surface area contributed by atoms with Crippen LogP contribution >= 0.6 is 0 Å². The Morgan fingerprint density at radius 2 is 2.24 bits per heavy atom. The van der Waals surface area contributed by atoms with Crippen molar-refractivity contribution in [3.05, 3.63) is 30.6 Å². The zero-order valence-electron chi connectivity index (χ0n) is 9.88. The van der Waals surface area contributed by atoms with Gasteiger partial charge in [0, 0.05) is 25.0 Å². The fraction of sp³-hybridized carbons (Fsp3) is 0.250. The van der Waals surface area contributed by atoms with E-state index in [9.17, 15) is 0 Å². The monoisotopic (exact) mass is 233 g/mol. The van der Waals surface area contributed by atoms with Gasteiger partial charge in [0.1, 0.15) is 11.5 Å². The number of aromatic nitrogens is 2. The largest absolute Gasteiger partial charge is 0.495 e. The van der Waals surface area contributed by atoms with E-state index in [0.29, 0.717) is 23.2 Å². The minimum Gasteiger partial charge on any atom is -0.495 e. The summed E-state index contributed by atoms with van der Waals surface area (Å²) in [6.07, 6.45) is 3.56. The van der Waals surface area contributed by atoms with Crippen LogP contribution in [0.15, 0.2) is 30.6 Å². The Labute approximate surface area is 99.8 Å². The summed E-state index contributed by atoms with van der Waals surface area (Å²) in [4.78, 5) is 4.12. The number of methoxy groups -OCH3 is 1. The van der Waals surface area contributed by atoms with Gasteiger partial charge in [-0.25, -0.2) is 4.98 Å². The molecule has 2 aromatic rings. The van der Waals surface area contributed by atoms with Crippen LogP contribution in [0.2, 0.25) is 0 Å². The first-order valence-corrected chi connectivity index (χ1v) is 5.37. The summed E-state index contributed by atoms with van der Waals surface area (Å²) in [5.41, 5.74) is 6.34. The normalized spacial score (nSPS) is 10.2. The van der Waals surface area contributed by atoms with E-state index in [1.165, 1.54) is 0 Å². The molecule has 0 radical (unpaired) electrons. The molecule has 0 aliphatic rings. The number of nitrogens with zero attached hydrogens (tertiary/aromatic N) is 2. The molecule has 0 unspecified atom stereocenters. The van der Waals surface area contributed by atoms with Crippen molar-refractivity contribution < 1.29 is 9.47 Å². The summed E-state index contributed by atoms with van der Waals surface area (Å²) >= 11 is 0. The molecule has 0 saturated carbocycles. The van der Waals surface area contributed by atoms with Crippen molar-refractivity contribution in [1.29, 1.82) is 0 Å². The molecule has 0 fully saturated rings. The highest BCUT2D eigenvalue weighted by Crippen LogP contribution is 2.28. The van der Waals surface area contributed by atoms with Gasteiger partial charge in [-0.3, -0.25) is 0 Å². The van der Waals surface area contributed by atoms with Crippen molar-refractivity contribution in [2.45, 2.75) is 13.5 Å². The highest BCUT2D eigenvalue weighted by molar-refractivity contribution is 5.56. The quantitative estimate of drug-likeness (QED) is 0.823. The van der Waals surface area contributed by atoms with Gasteiger partial charge in [-0.15, -0.1) is 0 Å². The number of anilines is 1. The van der Waals surface area contributed by atoms with Crippen molar-refractivity contribution in [1.82, 2.24) is 9.55 Å². The predicted octanol–water partition coefficient (Wildman–Crippen LogP) is 2.29. The molecule has 0 saturated heterocycles. The number of aryl methyl sites for hydroxylation is 1. The Balaban J connectivity index is 2.22. The van der Waals surface area contributed by atoms with Gasteiger partial charge in [0.15, 0.2) is 0 Å². The van der Waals surface area contributed by atoms with E-state index in [1.54, 1.807) is 31.5 Å². The maximum Gasteiger partial charge on any atom is 0.301 e. The summed E-state index contributed by atoms with van der Waals surface area (Å²) in [5.74, 6) is 1.28. The molecule has 1 aromatic heterocycles. The zero-order valence-corrected chi connectivity index (χ0v) is 9.88. The lowest BCUT2D eigenvalue weighted by Gasteiger charge is -2.09. The van der Waals surface area contributed by atoms with Crippen LogP contribution in [0, 0.1) is 0 Å². The lowest BCUT2D eigenvalue weighted by Crippen LogP contribution is -1.98. The van der Waals surface area contributed by atoms with Crippen molar-refractivity contribution >= 4 is 5.69 Å². The van der Waals surface area contributed by atoms with E-state index in [1.807, 2.05) is 17.7 Å². The first-order chi connectivity index (χ1) is 8.24. The number of hydrogen-bond acceptors (Lipinski definition) is 4. The number of hydrogen-bond donors (Lipinski definition) is 1. The molecule has 1 aromatic carbocycles. The Bertz CT molecular complexity index is 508. The van der Waals surface area contributed by atoms with Gasteiger partial charge in [-0.2, -0.15) is 0 Å². The van der Waals surface area contributed by atoms with E-state index in [2.05, 4.69) is 4.98 Å². The zero-order chi connectivity index (χ0) is 12.3. The number of benzene rings is 1. The smallest absolute Gasteiger partial charge is 0.301 e. The maximum atomic E-state index is 5.80. The third-order valence-electron chi connectivity index (χ3n) is 2.43. The van der Waals surface area contributed by atoms with Gasteiger partial charge >= 0.3 is 6.01 Å². The number of nitrogen functional groups attached to an aromatic ring is 1. The summed E-state index contributed by atoms with van der Waals surface area (Å²) in [6, 6.07) is 5.83. The number of imidazole rings is 1. The molecule has 5 heteroatoms. The van der Waals surface area contributed by atoms with Crippen LogP contribution in [0.3, 0.4) is 0 Å². The molecule has 90 valence electrons. The second-order valence-corrected chi connectivity index (χ2v) is 3.50. The first kappa shape index (κ1) is 11.3. The summed E-state index contributed by atoms with van der Waals surface area (Å²) in [6.45, 7) is 2.83. The average Bonchev–Trinajstić information content (AvgIpc) is 2.76. The highest BCUT2D eigenvalue weighted by atomic mass is 16.5. The molecule has 5 nitrogen and oxygen atoms in total. The Morgan fingerprint density at radius 3 is 2.88 bits per heavy atom. The molecule has 0 atom stereocenters. The molecular weight excluding hydrogens is 218 g/mol. The second-order valence-electron chi connectivity index (χ2n) is 3.50. The van der Waals surface area contributed by atoms with Crippen LogP contribution in [0.25, 0.3) is 0 Å². The van der Waals surface area contributed by atoms with Crippen molar-refractivity contribution in [3.8, 4) is 17.5 Å². The van der Waals surface area contributed by atoms with E-state index < -0.39 is 0 Å². The molecule has 2 N–H and O–H groups in total. The van der Waals surface area contributed by atoms with Crippen LogP contribution < -0.4 is 15.2 Å². The van der Waals surface area contributed by atoms with Crippen LogP contribution in [-0.2, 0) is 6.54 Å². The second kappa shape index (κ2) is 4.78. The Hall–Kier alpha value is -2.17. The average molecular weight is 233 g/mol. The van der Waals surface area contributed by atoms with Crippen molar-refractivity contribution in [3.63, 3.8) is 0 Å². The molecule has 0 aliphatic carbocycles. The van der Waals surface area contributed by atoms with Crippen molar-refractivity contribution in [2.24, 2.45) is 0 Å². The Morgan fingerprint density at radius 1 is 1.41 bits per heavy atom. The van der Waals surface area contributed by atoms with Gasteiger partial charge in [0.25, 0.3) is 0 Å². The fourth-order valence-electron chi connectivity index (χ4n) is 1.52. The standard InChI is InChI=1S/C12H15N3O2/c1-3-15-7-6-14-12(15)17-9-4-5-11(16-2)10(13)8-9/h4-8H,3,13H2,1-2H3. The molecule has 1 heterocycles. The van der Waals surface area contributed by atoms with E-state index in [0.717, 1.165) is 6.54 Å². The van der Waals surface area contributed by atoms with Crippen LogP contribution in [0.4, 0.5) is 5.69 Å². The van der Waals surface area contributed by atoms with Gasteiger partial charge in [-0.05, 0) is 19.1 Å². The Kier molecular flexibility index (Phi) is 3.18. The maximum absolute atomic E-state index is 5.80. The number of ether oxygens (including phenoxy) is 2. The molecule has 0 aliphatic heterocycles. The van der Waals surface area contributed by atoms with Gasteiger partial charge in [-0.1, -0.05) is 0 Å². The SMILES string of the molecule is CCn1ccnc1Oc1ccc(OC)c(N)c1.